The van der Waals surface area contributed by atoms with Gasteiger partial charge in [-0.2, -0.15) is 0 Å². The summed E-state index contributed by atoms with van der Waals surface area (Å²) in [4.78, 5) is 15.8. The maximum absolute atomic E-state index is 13.2. The Hall–Kier alpha value is -1.93. The summed E-state index contributed by atoms with van der Waals surface area (Å²) >= 11 is 0. The van der Waals surface area contributed by atoms with Crippen molar-refractivity contribution < 1.29 is 4.79 Å². The fraction of sp³-hybridized carbons (Fsp3) is 0.435. The molecule has 2 nitrogen and oxygen atoms in total. The molecule has 0 amide bonds. The number of likely N-dealkylation sites (tertiary alicyclic amines) is 1. The molecule has 130 valence electrons. The average molecular weight is 333 g/mol. The second-order valence-corrected chi connectivity index (χ2v) is 7.66. The van der Waals surface area contributed by atoms with Gasteiger partial charge in [-0.05, 0) is 37.3 Å². The number of nitrogens with zero attached hydrogens (tertiary/aromatic N) is 1. The molecule has 25 heavy (non-hydrogen) atoms. The van der Waals surface area contributed by atoms with E-state index in [-0.39, 0.29) is 17.7 Å². The Balaban J connectivity index is 1.67. The number of rotatable bonds is 5. The summed E-state index contributed by atoms with van der Waals surface area (Å²) in [5.41, 5.74) is 2.12. The highest BCUT2D eigenvalue weighted by Crippen LogP contribution is 2.44. The predicted molar refractivity (Wildman–Crippen MR) is 102 cm³/mol. The van der Waals surface area contributed by atoms with Gasteiger partial charge < -0.3 is 0 Å². The van der Waals surface area contributed by atoms with E-state index in [4.69, 9.17) is 0 Å². The molecule has 0 unspecified atom stereocenters. The molecule has 2 aliphatic rings. The van der Waals surface area contributed by atoms with Crippen molar-refractivity contribution in [1.82, 2.24) is 4.90 Å². The predicted octanol–water partition coefficient (Wildman–Crippen LogP) is 5.12. The van der Waals surface area contributed by atoms with Crippen LogP contribution in [0.3, 0.4) is 0 Å². The molecule has 1 aliphatic carbocycles. The lowest BCUT2D eigenvalue weighted by atomic mass is 9.86. The molecule has 2 aromatic carbocycles. The molecule has 1 aliphatic heterocycles. The van der Waals surface area contributed by atoms with E-state index in [0.717, 1.165) is 18.0 Å². The molecule has 0 spiro atoms. The van der Waals surface area contributed by atoms with Crippen LogP contribution in [-0.2, 0) is 0 Å². The van der Waals surface area contributed by atoms with E-state index in [1.54, 1.807) is 0 Å². The van der Waals surface area contributed by atoms with Gasteiger partial charge in [0.1, 0.15) is 0 Å². The Labute approximate surface area is 150 Å². The van der Waals surface area contributed by atoms with E-state index in [1.165, 1.54) is 31.2 Å². The molecule has 1 saturated heterocycles. The molecule has 4 rings (SSSR count). The first-order chi connectivity index (χ1) is 12.3. The van der Waals surface area contributed by atoms with E-state index in [0.29, 0.717) is 6.04 Å². The zero-order valence-corrected chi connectivity index (χ0v) is 15.0. The fourth-order valence-electron chi connectivity index (χ4n) is 5.04. The van der Waals surface area contributed by atoms with Crippen LogP contribution < -0.4 is 0 Å². The summed E-state index contributed by atoms with van der Waals surface area (Å²) in [6.45, 7) is 3.25. The van der Waals surface area contributed by atoms with Crippen LogP contribution in [0.4, 0.5) is 0 Å². The van der Waals surface area contributed by atoms with Gasteiger partial charge in [-0.3, -0.25) is 9.69 Å². The molecule has 0 radical (unpaired) electrons. The SMILES string of the molecule is C[C@@H](C(=O)c1ccccc1)[C@@H](c1ccccc1)N1CC[C@H]2CCC[C@H]21. The number of fused-ring (bicyclic) bond motifs is 1. The molecular weight excluding hydrogens is 306 g/mol. The molecule has 2 aromatic rings. The van der Waals surface area contributed by atoms with Crippen molar-refractivity contribution >= 4 is 5.78 Å². The Morgan fingerprint density at radius 2 is 1.64 bits per heavy atom. The second-order valence-electron chi connectivity index (χ2n) is 7.66. The van der Waals surface area contributed by atoms with Gasteiger partial charge in [0, 0.05) is 23.6 Å². The van der Waals surface area contributed by atoms with Crippen LogP contribution in [0.15, 0.2) is 60.7 Å². The number of Topliss-reactive ketones (excluding diaryl/α,β-unsaturated/α-hetero) is 1. The van der Waals surface area contributed by atoms with Crippen LogP contribution >= 0.6 is 0 Å². The largest absolute Gasteiger partial charge is 0.294 e. The molecule has 0 aromatic heterocycles. The summed E-state index contributed by atoms with van der Waals surface area (Å²) in [6.07, 6.45) is 5.29. The minimum Gasteiger partial charge on any atom is -0.294 e. The molecule has 2 fully saturated rings. The zero-order chi connectivity index (χ0) is 17.2. The number of hydrogen-bond donors (Lipinski definition) is 0. The van der Waals surface area contributed by atoms with E-state index < -0.39 is 0 Å². The fourth-order valence-corrected chi connectivity index (χ4v) is 5.04. The van der Waals surface area contributed by atoms with Crippen LogP contribution in [0.2, 0.25) is 0 Å². The summed E-state index contributed by atoms with van der Waals surface area (Å²) in [6, 6.07) is 21.3. The van der Waals surface area contributed by atoms with E-state index in [2.05, 4.69) is 42.2 Å². The van der Waals surface area contributed by atoms with Gasteiger partial charge >= 0.3 is 0 Å². The zero-order valence-electron chi connectivity index (χ0n) is 15.0. The van der Waals surface area contributed by atoms with E-state index >= 15 is 0 Å². The minimum atomic E-state index is -0.0378. The first-order valence-corrected chi connectivity index (χ1v) is 9.65. The lowest BCUT2D eigenvalue weighted by Crippen LogP contribution is -2.39. The summed E-state index contributed by atoms with van der Waals surface area (Å²) < 4.78 is 0. The van der Waals surface area contributed by atoms with Crippen molar-refractivity contribution in [2.45, 2.75) is 44.7 Å². The Morgan fingerprint density at radius 3 is 2.36 bits per heavy atom. The van der Waals surface area contributed by atoms with Crippen molar-refractivity contribution in [3.8, 4) is 0 Å². The van der Waals surface area contributed by atoms with Gasteiger partial charge in [-0.25, -0.2) is 0 Å². The molecule has 1 saturated carbocycles. The van der Waals surface area contributed by atoms with Gasteiger partial charge in [0.2, 0.25) is 0 Å². The van der Waals surface area contributed by atoms with Crippen LogP contribution in [-0.4, -0.2) is 23.3 Å². The Morgan fingerprint density at radius 1 is 0.960 bits per heavy atom. The third kappa shape index (κ3) is 3.16. The molecule has 1 heterocycles. The van der Waals surface area contributed by atoms with Gasteiger partial charge in [-0.15, -0.1) is 0 Å². The molecule has 4 atom stereocenters. The number of hydrogen-bond acceptors (Lipinski definition) is 2. The normalized spacial score (nSPS) is 25.5. The van der Waals surface area contributed by atoms with E-state index in [9.17, 15) is 4.79 Å². The highest BCUT2D eigenvalue weighted by atomic mass is 16.1. The Kier molecular flexibility index (Phi) is 4.72. The molecule has 2 heteroatoms. The average Bonchev–Trinajstić information content (AvgIpc) is 3.28. The summed E-state index contributed by atoms with van der Waals surface area (Å²) in [5.74, 6) is 1.06. The van der Waals surface area contributed by atoms with Crippen molar-refractivity contribution in [3.05, 3.63) is 71.8 Å². The van der Waals surface area contributed by atoms with Gasteiger partial charge in [-0.1, -0.05) is 74.0 Å². The maximum atomic E-state index is 13.2. The van der Waals surface area contributed by atoms with Gasteiger partial charge in [0.05, 0.1) is 0 Å². The number of carbonyl (C=O) groups is 1. The highest BCUT2D eigenvalue weighted by Gasteiger charge is 2.43. The molecular formula is C23H27NO. The standard InChI is InChI=1S/C23H27NO/c1-17(23(25)20-11-6-3-7-12-20)22(19-9-4-2-5-10-19)24-16-15-18-13-8-14-21(18)24/h2-7,9-12,17-18,21-22H,8,13-16H2,1H3/t17-,18-,21-,22+/m1/s1. The second kappa shape index (κ2) is 7.13. The lowest BCUT2D eigenvalue weighted by Gasteiger charge is -2.36. The van der Waals surface area contributed by atoms with Crippen LogP contribution in [0.1, 0.15) is 54.6 Å². The molecule has 0 bridgehead atoms. The van der Waals surface area contributed by atoms with Crippen LogP contribution in [0.25, 0.3) is 0 Å². The summed E-state index contributed by atoms with van der Waals surface area (Å²) in [7, 11) is 0. The Bertz CT molecular complexity index is 711. The third-order valence-corrected chi connectivity index (χ3v) is 6.25. The highest BCUT2D eigenvalue weighted by molar-refractivity contribution is 5.98. The van der Waals surface area contributed by atoms with Crippen molar-refractivity contribution in [2.75, 3.05) is 6.54 Å². The maximum Gasteiger partial charge on any atom is 0.167 e. The molecule has 0 N–H and O–H groups in total. The number of carbonyl (C=O) groups excluding carboxylic acids is 1. The van der Waals surface area contributed by atoms with Crippen LogP contribution in [0.5, 0.6) is 0 Å². The van der Waals surface area contributed by atoms with Crippen LogP contribution in [0, 0.1) is 11.8 Å². The van der Waals surface area contributed by atoms with Gasteiger partial charge in [0.15, 0.2) is 5.78 Å². The first-order valence-electron chi connectivity index (χ1n) is 9.65. The van der Waals surface area contributed by atoms with Crippen molar-refractivity contribution in [1.29, 1.82) is 0 Å². The van der Waals surface area contributed by atoms with E-state index in [1.807, 2.05) is 30.3 Å². The minimum absolute atomic E-state index is 0.0378. The topological polar surface area (TPSA) is 20.3 Å². The third-order valence-electron chi connectivity index (χ3n) is 6.25. The van der Waals surface area contributed by atoms with Gasteiger partial charge in [0.25, 0.3) is 0 Å². The number of ketones is 1. The van der Waals surface area contributed by atoms with Crippen molar-refractivity contribution in [3.63, 3.8) is 0 Å². The summed E-state index contributed by atoms with van der Waals surface area (Å²) in [5, 5.41) is 0. The monoisotopic (exact) mass is 333 g/mol. The lowest BCUT2D eigenvalue weighted by molar-refractivity contribution is 0.0762. The quantitative estimate of drug-likeness (QED) is 0.708. The van der Waals surface area contributed by atoms with Crippen molar-refractivity contribution in [2.24, 2.45) is 11.8 Å². The first kappa shape index (κ1) is 16.5. The number of benzene rings is 2. The smallest absolute Gasteiger partial charge is 0.167 e.